The molecule has 0 saturated heterocycles. The third kappa shape index (κ3) is 2.34. The van der Waals surface area contributed by atoms with Crippen molar-refractivity contribution in [2.24, 2.45) is 5.73 Å². The molecule has 2 aromatic rings. The zero-order valence-electron chi connectivity index (χ0n) is 9.71. The first-order valence-corrected chi connectivity index (χ1v) is 5.83. The molecule has 0 aliphatic rings. The van der Waals surface area contributed by atoms with E-state index >= 15 is 0 Å². The van der Waals surface area contributed by atoms with Crippen LogP contribution in [0.5, 0.6) is 0 Å². The van der Waals surface area contributed by atoms with Gasteiger partial charge in [0.05, 0.1) is 6.61 Å². The first kappa shape index (κ1) is 12.1. The molecule has 0 saturated carbocycles. The molecule has 4 nitrogen and oxygen atoms in total. The lowest BCUT2D eigenvalue weighted by Crippen LogP contribution is -2.11. The van der Waals surface area contributed by atoms with E-state index in [0.717, 1.165) is 16.5 Å². The standard InChI is InChI=1S/C13H18N2O2/c14-12(5-7-16)11-9-15(6-8-17)13-4-2-1-3-10(11)13/h1-4,9,12,16-17H,5-8,14H2. The number of aliphatic hydroxyl groups excluding tert-OH is 2. The fraction of sp³-hybridized carbons (Fsp3) is 0.385. The summed E-state index contributed by atoms with van der Waals surface area (Å²) in [5, 5.41) is 19.1. The van der Waals surface area contributed by atoms with E-state index in [1.54, 1.807) is 0 Å². The van der Waals surface area contributed by atoms with E-state index in [9.17, 15) is 0 Å². The quantitative estimate of drug-likeness (QED) is 0.723. The average Bonchev–Trinajstić information content (AvgIpc) is 2.70. The number of benzene rings is 1. The van der Waals surface area contributed by atoms with Crippen LogP contribution in [0.2, 0.25) is 0 Å². The maximum Gasteiger partial charge on any atom is 0.0610 e. The molecule has 0 amide bonds. The van der Waals surface area contributed by atoms with Crippen LogP contribution in [-0.4, -0.2) is 28.0 Å². The summed E-state index contributed by atoms with van der Waals surface area (Å²) < 4.78 is 2.00. The summed E-state index contributed by atoms with van der Waals surface area (Å²) >= 11 is 0. The zero-order valence-corrected chi connectivity index (χ0v) is 9.71. The van der Waals surface area contributed by atoms with Gasteiger partial charge in [-0.25, -0.2) is 0 Å². The van der Waals surface area contributed by atoms with Crippen LogP contribution in [0.4, 0.5) is 0 Å². The number of nitrogens with zero attached hydrogens (tertiary/aromatic N) is 1. The lowest BCUT2D eigenvalue weighted by atomic mass is 10.0. The van der Waals surface area contributed by atoms with Crippen LogP contribution in [0.3, 0.4) is 0 Å². The van der Waals surface area contributed by atoms with Crippen molar-refractivity contribution < 1.29 is 10.2 Å². The van der Waals surface area contributed by atoms with E-state index in [2.05, 4.69) is 0 Å². The van der Waals surface area contributed by atoms with Gasteiger partial charge in [-0.1, -0.05) is 18.2 Å². The van der Waals surface area contributed by atoms with Crippen LogP contribution >= 0.6 is 0 Å². The third-order valence-electron chi connectivity index (χ3n) is 3.00. The molecule has 4 N–H and O–H groups in total. The molecule has 1 unspecified atom stereocenters. The molecule has 0 fully saturated rings. The summed E-state index contributed by atoms with van der Waals surface area (Å²) in [6.07, 6.45) is 2.52. The van der Waals surface area contributed by atoms with Crippen LogP contribution < -0.4 is 5.73 Å². The average molecular weight is 234 g/mol. The van der Waals surface area contributed by atoms with E-state index in [4.69, 9.17) is 15.9 Å². The highest BCUT2D eigenvalue weighted by Crippen LogP contribution is 2.26. The highest BCUT2D eigenvalue weighted by atomic mass is 16.3. The molecule has 0 aliphatic carbocycles. The van der Waals surface area contributed by atoms with Crippen LogP contribution in [0.1, 0.15) is 18.0 Å². The second-order valence-corrected chi connectivity index (χ2v) is 4.14. The Kier molecular flexibility index (Phi) is 3.78. The number of rotatable bonds is 5. The number of fused-ring (bicyclic) bond motifs is 1. The van der Waals surface area contributed by atoms with Crippen LogP contribution in [0.15, 0.2) is 30.5 Å². The van der Waals surface area contributed by atoms with E-state index in [-0.39, 0.29) is 19.3 Å². The molecule has 0 bridgehead atoms. The van der Waals surface area contributed by atoms with Crippen LogP contribution in [0.25, 0.3) is 10.9 Å². The lowest BCUT2D eigenvalue weighted by Gasteiger charge is -2.08. The molecule has 2 rings (SSSR count). The predicted octanol–water partition coefficient (Wildman–Crippen LogP) is 1.02. The Morgan fingerprint density at radius 3 is 2.65 bits per heavy atom. The van der Waals surface area contributed by atoms with Crippen molar-refractivity contribution in [2.75, 3.05) is 13.2 Å². The van der Waals surface area contributed by atoms with Crippen LogP contribution in [0, 0.1) is 0 Å². The molecule has 1 aromatic heterocycles. The molecular weight excluding hydrogens is 216 g/mol. The fourth-order valence-electron chi connectivity index (χ4n) is 2.16. The summed E-state index contributed by atoms with van der Waals surface area (Å²) in [6, 6.07) is 7.82. The van der Waals surface area contributed by atoms with Gasteiger partial charge in [-0.05, 0) is 18.1 Å². The monoisotopic (exact) mass is 234 g/mol. The number of para-hydroxylation sites is 1. The highest BCUT2D eigenvalue weighted by molar-refractivity contribution is 5.84. The molecule has 92 valence electrons. The first-order valence-electron chi connectivity index (χ1n) is 5.83. The Bertz CT molecular complexity index is 493. The Labute approximate surface area is 100 Å². The van der Waals surface area contributed by atoms with Crippen molar-refractivity contribution in [3.8, 4) is 0 Å². The minimum absolute atomic E-state index is 0.0840. The minimum Gasteiger partial charge on any atom is -0.396 e. The number of hydrogen-bond acceptors (Lipinski definition) is 3. The van der Waals surface area contributed by atoms with Gasteiger partial charge in [-0.2, -0.15) is 0 Å². The lowest BCUT2D eigenvalue weighted by molar-refractivity contribution is 0.274. The third-order valence-corrected chi connectivity index (χ3v) is 3.00. The van der Waals surface area contributed by atoms with Gasteiger partial charge in [0.2, 0.25) is 0 Å². The maximum absolute atomic E-state index is 9.04. The summed E-state index contributed by atoms with van der Waals surface area (Å²) in [5.41, 5.74) is 8.15. The van der Waals surface area contributed by atoms with E-state index < -0.39 is 0 Å². The Morgan fingerprint density at radius 1 is 1.18 bits per heavy atom. The van der Waals surface area contributed by atoms with Crippen molar-refractivity contribution in [1.29, 1.82) is 0 Å². The van der Waals surface area contributed by atoms with Gasteiger partial charge in [0, 0.05) is 36.3 Å². The Hall–Kier alpha value is -1.36. The van der Waals surface area contributed by atoms with Gasteiger partial charge in [0.25, 0.3) is 0 Å². The van der Waals surface area contributed by atoms with Gasteiger partial charge in [0.15, 0.2) is 0 Å². The number of aliphatic hydroxyl groups is 2. The Balaban J connectivity index is 2.48. The summed E-state index contributed by atoms with van der Waals surface area (Å²) in [6.45, 7) is 0.750. The van der Waals surface area contributed by atoms with Crippen molar-refractivity contribution in [2.45, 2.75) is 19.0 Å². The maximum atomic E-state index is 9.04. The first-order chi connectivity index (χ1) is 8.27. The largest absolute Gasteiger partial charge is 0.396 e. The second kappa shape index (κ2) is 5.31. The molecule has 4 heteroatoms. The molecular formula is C13H18N2O2. The van der Waals surface area contributed by atoms with Gasteiger partial charge in [-0.15, -0.1) is 0 Å². The van der Waals surface area contributed by atoms with Crippen molar-refractivity contribution in [3.63, 3.8) is 0 Å². The van der Waals surface area contributed by atoms with Crippen LogP contribution in [-0.2, 0) is 6.54 Å². The normalized spacial score (nSPS) is 13.1. The van der Waals surface area contributed by atoms with Gasteiger partial charge >= 0.3 is 0 Å². The van der Waals surface area contributed by atoms with Crippen molar-refractivity contribution in [3.05, 3.63) is 36.0 Å². The topological polar surface area (TPSA) is 71.4 Å². The highest BCUT2D eigenvalue weighted by Gasteiger charge is 2.13. The summed E-state index contributed by atoms with van der Waals surface area (Å²) in [4.78, 5) is 0. The van der Waals surface area contributed by atoms with Gasteiger partial charge in [0.1, 0.15) is 0 Å². The van der Waals surface area contributed by atoms with E-state index in [0.29, 0.717) is 13.0 Å². The molecule has 0 aliphatic heterocycles. The van der Waals surface area contributed by atoms with Crippen molar-refractivity contribution in [1.82, 2.24) is 4.57 Å². The van der Waals surface area contributed by atoms with E-state index in [1.807, 2.05) is 35.0 Å². The number of nitrogens with two attached hydrogens (primary N) is 1. The predicted molar refractivity (Wildman–Crippen MR) is 67.7 cm³/mol. The molecule has 17 heavy (non-hydrogen) atoms. The Morgan fingerprint density at radius 2 is 1.94 bits per heavy atom. The molecule has 1 atom stereocenters. The van der Waals surface area contributed by atoms with Gasteiger partial charge < -0.3 is 20.5 Å². The van der Waals surface area contributed by atoms with E-state index in [1.165, 1.54) is 0 Å². The molecule has 1 aromatic carbocycles. The summed E-state index contributed by atoms with van der Waals surface area (Å²) in [7, 11) is 0. The zero-order chi connectivity index (χ0) is 12.3. The molecule has 0 radical (unpaired) electrons. The molecule has 1 heterocycles. The second-order valence-electron chi connectivity index (χ2n) is 4.14. The minimum atomic E-state index is -0.162. The SMILES string of the molecule is NC(CCO)c1cn(CCO)c2ccccc12. The van der Waals surface area contributed by atoms with Gasteiger partial charge in [-0.3, -0.25) is 0 Å². The fourth-order valence-corrected chi connectivity index (χ4v) is 2.16. The summed E-state index contributed by atoms with van der Waals surface area (Å²) in [5.74, 6) is 0. The smallest absolute Gasteiger partial charge is 0.0610 e. The number of aromatic nitrogens is 1. The van der Waals surface area contributed by atoms with Crippen molar-refractivity contribution >= 4 is 10.9 Å². The number of hydrogen-bond donors (Lipinski definition) is 3. The molecule has 0 spiro atoms.